The van der Waals surface area contributed by atoms with Crippen molar-refractivity contribution in [3.05, 3.63) is 59.2 Å². The Balaban J connectivity index is 1.71. The van der Waals surface area contributed by atoms with Gasteiger partial charge >= 0.3 is 0 Å². The van der Waals surface area contributed by atoms with E-state index in [1.807, 2.05) is 24.3 Å². The van der Waals surface area contributed by atoms with E-state index in [0.29, 0.717) is 25.0 Å². The standard InChI is InChI=1S/C27H40N4O2/c1-5-22(4)23-10-11-27(33)25(18-23)20-30-15-17-31(21(2)3)16-14-28-12-13-29-19-24-8-6-7-9-26(24)32/h6-11,18-22,28,32-33H,5,12-17H2,1-4H3. The van der Waals surface area contributed by atoms with E-state index in [2.05, 4.69) is 47.9 Å². The van der Waals surface area contributed by atoms with Gasteiger partial charge in [0.05, 0.1) is 13.1 Å². The monoisotopic (exact) mass is 452 g/mol. The first-order valence-electron chi connectivity index (χ1n) is 12.0. The van der Waals surface area contributed by atoms with Crippen LogP contribution in [0.4, 0.5) is 0 Å². The van der Waals surface area contributed by atoms with E-state index in [4.69, 9.17) is 0 Å². The lowest BCUT2D eigenvalue weighted by Gasteiger charge is -2.25. The molecule has 180 valence electrons. The molecule has 0 fully saturated rings. The molecule has 0 amide bonds. The predicted octanol–water partition coefficient (Wildman–Crippen LogP) is 4.45. The van der Waals surface area contributed by atoms with E-state index < -0.39 is 0 Å². The molecule has 0 aliphatic rings. The van der Waals surface area contributed by atoms with Gasteiger partial charge in [-0.2, -0.15) is 0 Å². The summed E-state index contributed by atoms with van der Waals surface area (Å²) in [7, 11) is 0. The molecule has 0 spiro atoms. The molecule has 0 aliphatic heterocycles. The summed E-state index contributed by atoms with van der Waals surface area (Å²) >= 11 is 0. The molecule has 0 aromatic heterocycles. The van der Waals surface area contributed by atoms with Crippen LogP contribution < -0.4 is 5.32 Å². The van der Waals surface area contributed by atoms with Crippen molar-refractivity contribution in [1.29, 1.82) is 0 Å². The van der Waals surface area contributed by atoms with Crippen molar-refractivity contribution in [2.45, 2.75) is 46.1 Å². The lowest BCUT2D eigenvalue weighted by Crippen LogP contribution is -2.39. The minimum absolute atomic E-state index is 0.253. The fourth-order valence-electron chi connectivity index (χ4n) is 3.45. The number of rotatable bonds is 14. The van der Waals surface area contributed by atoms with Crippen LogP contribution in [0.5, 0.6) is 11.5 Å². The van der Waals surface area contributed by atoms with Crippen LogP contribution in [0.1, 0.15) is 56.7 Å². The summed E-state index contributed by atoms with van der Waals surface area (Å²) in [5.41, 5.74) is 2.76. The van der Waals surface area contributed by atoms with Gasteiger partial charge < -0.3 is 15.5 Å². The smallest absolute Gasteiger partial charge is 0.124 e. The van der Waals surface area contributed by atoms with Crippen molar-refractivity contribution in [1.82, 2.24) is 10.2 Å². The molecule has 1 atom stereocenters. The van der Waals surface area contributed by atoms with Gasteiger partial charge in [-0.3, -0.25) is 14.9 Å². The third kappa shape index (κ3) is 9.36. The Morgan fingerprint density at radius 3 is 2.30 bits per heavy atom. The van der Waals surface area contributed by atoms with Crippen LogP contribution in [0.3, 0.4) is 0 Å². The van der Waals surface area contributed by atoms with Crippen LogP contribution in [0, 0.1) is 0 Å². The molecule has 33 heavy (non-hydrogen) atoms. The number of nitrogens with one attached hydrogen (secondary N) is 1. The Kier molecular flexibility index (Phi) is 11.6. The van der Waals surface area contributed by atoms with Gasteiger partial charge in [0.15, 0.2) is 0 Å². The van der Waals surface area contributed by atoms with E-state index in [-0.39, 0.29) is 11.5 Å². The summed E-state index contributed by atoms with van der Waals surface area (Å²) in [5.74, 6) is 1.00. The maximum atomic E-state index is 10.1. The van der Waals surface area contributed by atoms with Crippen LogP contribution in [-0.4, -0.2) is 72.9 Å². The molecule has 0 saturated carbocycles. The minimum atomic E-state index is 0.253. The largest absolute Gasteiger partial charge is 0.507 e. The Morgan fingerprint density at radius 1 is 0.879 bits per heavy atom. The number of phenolic OH excluding ortho intramolecular Hbond substituents is 2. The molecule has 2 aromatic carbocycles. The maximum absolute atomic E-state index is 10.1. The molecule has 0 aliphatic carbocycles. The first kappa shape index (κ1) is 26.6. The van der Waals surface area contributed by atoms with E-state index in [9.17, 15) is 10.2 Å². The number of nitrogens with zero attached hydrogens (tertiary/aromatic N) is 3. The second kappa shape index (κ2) is 14.4. The van der Waals surface area contributed by atoms with Gasteiger partial charge in [-0.1, -0.05) is 32.0 Å². The van der Waals surface area contributed by atoms with Crippen molar-refractivity contribution in [2.75, 3.05) is 39.3 Å². The third-order valence-corrected chi connectivity index (χ3v) is 5.87. The second-order valence-corrected chi connectivity index (χ2v) is 8.64. The molecule has 2 aromatic rings. The van der Waals surface area contributed by atoms with E-state index in [1.165, 1.54) is 5.56 Å². The highest BCUT2D eigenvalue weighted by Gasteiger charge is 2.09. The van der Waals surface area contributed by atoms with Gasteiger partial charge in [0.25, 0.3) is 0 Å². The van der Waals surface area contributed by atoms with Crippen molar-refractivity contribution in [3.8, 4) is 11.5 Å². The number of aliphatic imine (C=N–C) groups is 2. The molecule has 0 heterocycles. The normalized spacial score (nSPS) is 13.0. The highest BCUT2D eigenvalue weighted by Crippen LogP contribution is 2.24. The zero-order valence-corrected chi connectivity index (χ0v) is 20.5. The number of aromatic hydroxyl groups is 2. The molecular formula is C27H40N4O2. The summed E-state index contributed by atoms with van der Waals surface area (Å²) < 4.78 is 0. The molecule has 3 N–H and O–H groups in total. The Labute approximate surface area is 199 Å². The molecule has 1 unspecified atom stereocenters. The van der Waals surface area contributed by atoms with Crippen LogP contribution in [0.25, 0.3) is 0 Å². The summed E-state index contributed by atoms with van der Waals surface area (Å²) in [6.07, 6.45) is 4.58. The zero-order chi connectivity index (χ0) is 24.1. The van der Waals surface area contributed by atoms with E-state index >= 15 is 0 Å². The SMILES string of the molecule is CCC(C)c1ccc(O)c(C=NCCN(CCNCCN=Cc2ccccc2O)C(C)C)c1. The van der Waals surface area contributed by atoms with Crippen molar-refractivity contribution in [2.24, 2.45) is 9.98 Å². The fraction of sp³-hybridized carbons (Fsp3) is 0.481. The third-order valence-electron chi connectivity index (χ3n) is 5.87. The molecule has 6 heteroatoms. The topological polar surface area (TPSA) is 80.5 Å². The maximum Gasteiger partial charge on any atom is 0.124 e. The molecular weight excluding hydrogens is 412 g/mol. The van der Waals surface area contributed by atoms with Crippen LogP contribution in [0.2, 0.25) is 0 Å². The Bertz CT molecular complexity index is 895. The number of para-hydroxylation sites is 1. The molecule has 2 rings (SSSR count). The molecule has 0 bridgehead atoms. The summed E-state index contributed by atoms with van der Waals surface area (Å²) in [6, 6.07) is 13.4. The summed E-state index contributed by atoms with van der Waals surface area (Å²) in [4.78, 5) is 11.3. The van der Waals surface area contributed by atoms with Crippen molar-refractivity contribution in [3.63, 3.8) is 0 Å². The van der Waals surface area contributed by atoms with Gasteiger partial charge in [-0.05, 0) is 56.0 Å². The van der Waals surface area contributed by atoms with Gasteiger partial charge in [0.1, 0.15) is 11.5 Å². The van der Waals surface area contributed by atoms with Crippen molar-refractivity contribution >= 4 is 12.4 Å². The number of benzene rings is 2. The number of hydrogen-bond acceptors (Lipinski definition) is 6. The molecule has 0 saturated heterocycles. The van der Waals surface area contributed by atoms with E-state index in [0.717, 1.165) is 43.7 Å². The second-order valence-electron chi connectivity index (χ2n) is 8.64. The zero-order valence-electron chi connectivity index (χ0n) is 20.5. The first-order chi connectivity index (χ1) is 15.9. The lowest BCUT2D eigenvalue weighted by molar-refractivity contribution is 0.229. The quantitative estimate of drug-likeness (QED) is 0.292. The van der Waals surface area contributed by atoms with Crippen molar-refractivity contribution < 1.29 is 10.2 Å². The Hall–Kier alpha value is -2.70. The first-order valence-corrected chi connectivity index (χ1v) is 12.0. The highest BCUT2D eigenvalue weighted by atomic mass is 16.3. The van der Waals surface area contributed by atoms with Crippen LogP contribution in [-0.2, 0) is 0 Å². The average Bonchev–Trinajstić information content (AvgIpc) is 2.81. The minimum Gasteiger partial charge on any atom is -0.507 e. The predicted molar refractivity (Wildman–Crippen MR) is 139 cm³/mol. The highest BCUT2D eigenvalue weighted by molar-refractivity contribution is 5.84. The molecule has 0 radical (unpaired) electrons. The van der Waals surface area contributed by atoms with E-state index in [1.54, 1.807) is 30.6 Å². The van der Waals surface area contributed by atoms with Gasteiger partial charge in [-0.15, -0.1) is 0 Å². The number of phenols is 2. The average molecular weight is 453 g/mol. The van der Waals surface area contributed by atoms with Gasteiger partial charge in [-0.25, -0.2) is 0 Å². The molecule has 6 nitrogen and oxygen atoms in total. The Morgan fingerprint density at radius 2 is 1.58 bits per heavy atom. The number of hydrogen-bond donors (Lipinski definition) is 3. The summed E-state index contributed by atoms with van der Waals surface area (Å²) in [6.45, 7) is 13.6. The fourth-order valence-corrected chi connectivity index (χ4v) is 3.45. The summed E-state index contributed by atoms with van der Waals surface area (Å²) in [5, 5.41) is 23.3. The van der Waals surface area contributed by atoms with Crippen LogP contribution in [0.15, 0.2) is 52.4 Å². The lowest BCUT2D eigenvalue weighted by atomic mass is 9.97. The van der Waals surface area contributed by atoms with Gasteiger partial charge in [0, 0.05) is 55.8 Å². The van der Waals surface area contributed by atoms with Crippen LogP contribution >= 0.6 is 0 Å². The van der Waals surface area contributed by atoms with Gasteiger partial charge in [0.2, 0.25) is 0 Å².